The van der Waals surface area contributed by atoms with Crippen LogP contribution in [0.3, 0.4) is 0 Å². The van der Waals surface area contributed by atoms with E-state index in [9.17, 15) is 4.79 Å². The molecule has 0 aromatic carbocycles. The molecule has 0 aliphatic rings. The lowest BCUT2D eigenvalue weighted by Gasteiger charge is -2.01. The van der Waals surface area contributed by atoms with Crippen LogP contribution < -0.4 is 5.32 Å². The van der Waals surface area contributed by atoms with Gasteiger partial charge in [0.15, 0.2) is 0 Å². The summed E-state index contributed by atoms with van der Waals surface area (Å²) in [6.07, 6.45) is 2.53. The normalized spacial score (nSPS) is 11.4. The van der Waals surface area contributed by atoms with Gasteiger partial charge in [0.1, 0.15) is 5.51 Å². The standard InChI is InChI=1S/C8H11N3OS/c1-3-6(4-2)7(12)10-8-11-9-5-13-8/h3,5H,4H2,1-2H3,(H,10,11,12)/b6-3+. The molecule has 0 spiro atoms. The average Bonchev–Trinajstić information content (AvgIpc) is 2.59. The van der Waals surface area contributed by atoms with E-state index < -0.39 is 0 Å². The van der Waals surface area contributed by atoms with Gasteiger partial charge in [-0.2, -0.15) is 0 Å². The summed E-state index contributed by atoms with van der Waals surface area (Å²) in [4.78, 5) is 11.4. The first-order valence-corrected chi connectivity index (χ1v) is 4.88. The van der Waals surface area contributed by atoms with Crippen molar-refractivity contribution >= 4 is 22.4 Å². The van der Waals surface area contributed by atoms with Crippen molar-refractivity contribution < 1.29 is 4.79 Å². The van der Waals surface area contributed by atoms with Crippen LogP contribution in [0.25, 0.3) is 0 Å². The zero-order valence-corrected chi connectivity index (χ0v) is 8.39. The number of amides is 1. The zero-order chi connectivity index (χ0) is 9.68. The molecule has 0 atom stereocenters. The van der Waals surface area contributed by atoms with Gasteiger partial charge in [0.05, 0.1) is 0 Å². The Hall–Kier alpha value is -1.23. The number of nitrogens with zero attached hydrogens (tertiary/aromatic N) is 2. The molecule has 70 valence electrons. The maximum absolute atomic E-state index is 11.4. The third-order valence-corrected chi connectivity index (χ3v) is 2.21. The lowest BCUT2D eigenvalue weighted by Crippen LogP contribution is -2.13. The molecule has 1 aromatic rings. The highest BCUT2D eigenvalue weighted by molar-refractivity contribution is 7.13. The minimum Gasteiger partial charge on any atom is -0.297 e. The maximum atomic E-state index is 11.4. The van der Waals surface area contributed by atoms with E-state index in [2.05, 4.69) is 15.5 Å². The highest BCUT2D eigenvalue weighted by atomic mass is 32.1. The number of rotatable bonds is 3. The average molecular weight is 197 g/mol. The monoisotopic (exact) mass is 197 g/mol. The molecule has 0 saturated carbocycles. The summed E-state index contributed by atoms with van der Waals surface area (Å²) in [6.45, 7) is 3.79. The summed E-state index contributed by atoms with van der Waals surface area (Å²) in [5, 5.41) is 10.5. The summed E-state index contributed by atoms with van der Waals surface area (Å²) in [6, 6.07) is 0. The minimum atomic E-state index is -0.0956. The van der Waals surface area contributed by atoms with Crippen LogP contribution in [0.5, 0.6) is 0 Å². The van der Waals surface area contributed by atoms with Gasteiger partial charge < -0.3 is 0 Å². The van der Waals surface area contributed by atoms with E-state index in [0.29, 0.717) is 5.13 Å². The molecule has 0 unspecified atom stereocenters. The second kappa shape index (κ2) is 4.71. The van der Waals surface area contributed by atoms with Gasteiger partial charge in [0, 0.05) is 5.57 Å². The summed E-state index contributed by atoms with van der Waals surface area (Å²) in [5.41, 5.74) is 2.34. The van der Waals surface area contributed by atoms with Crippen molar-refractivity contribution in [2.24, 2.45) is 0 Å². The first-order chi connectivity index (χ1) is 6.27. The second-order valence-corrected chi connectivity index (χ2v) is 3.20. The minimum absolute atomic E-state index is 0.0956. The molecule has 0 fully saturated rings. The molecule has 0 radical (unpaired) electrons. The summed E-state index contributed by atoms with van der Waals surface area (Å²) in [5.74, 6) is -0.0956. The summed E-state index contributed by atoms with van der Waals surface area (Å²) in [7, 11) is 0. The van der Waals surface area contributed by atoms with Crippen LogP contribution in [0.4, 0.5) is 5.13 Å². The van der Waals surface area contributed by atoms with Crippen LogP contribution in [-0.2, 0) is 4.79 Å². The molecule has 1 amide bonds. The predicted molar refractivity (Wildman–Crippen MR) is 52.6 cm³/mol. The Morgan fingerprint density at radius 1 is 1.77 bits per heavy atom. The van der Waals surface area contributed by atoms with Gasteiger partial charge in [-0.1, -0.05) is 24.3 Å². The van der Waals surface area contributed by atoms with Gasteiger partial charge in [-0.3, -0.25) is 10.1 Å². The van der Waals surface area contributed by atoms with Crippen LogP contribution in [0.1, 0.15) is 20.3 Å². The molecule has 13 heavy (non-hydrogen) atoms. The van der Waals surface area contributed by atoms with Gasteiger partial charge >= 0.3 is 0 Å². The number of anilines is 1. The van der Waals surface area contributed by atoms with Crippen molar-refractivity contribution in [3.63, 3.8) is 0 Å². The van der Waals surface area contributed by atoms with E-state index in [1.165, 1.54) is 11.3 Å². The molecule has 1 N–H and O–H groups in total. The molecule has 1 rings (SSSR count). The van der Waals surface area contributed by atoms with E-state index in [0.717, 1.165) is 12.0 Å². The van der Waals surface area contributed by atoms with Crippen LogP contribution in [-0.4, -0.2) is 16.1 Å². The molecular formula is C8H11N3OS. The first-order valence-electron chi connectivity index (χ1n) is 4.00. The van der Waals surface area contributed by atoms with Crippen molar-refractivity contribution in [2.75, 3.05) is 5.32 Å². The summed E-state index contributed by atoms with van der Waals surface area (Å²) < 4.78 is 0. The quantitative estimate of drug-likeness (QED) is 0.752. The Bertz CT molecular complexity index is 305. The third-order valence-electron chi connectivity index (χ3n) is 1.60. The smallest absolute Gasteiger partial charge is 0.253 e. The van der Waals surface area contributed by atoms with Crippen LogP contribution in [0.2, 0.25) is 0 Å². The number of carbonyl (C=O) groups is 1. The highest BCUT2D eigenvalue weighted by Gasteiger charge is 2.07. The number of hydrogen-bond acceptors (Lipinski definition) is 4. The SMILES string of the molecule is C/C=C(\CC)C(=O)Nc1nncs1. The van der Waals surface area contributed by atoms with E-state index in [-0.39, 0.29) is 5.91 Å². The maximum Gasteiger partial charge on any atom is 0.253 e. The van der Waals surface area contributed by atoms with Crippen molar-refractivity contribution in [2.45, 2.75) is 20.3 Å². The number of hydrogen-bond donors (Lipinski definition) is 1. The summed E-state index contributed by atoms with van der Waals surface area (Å²) >= 11 is 1.31. The Balaban J connectivity index is 2.60. The van der Waals surface area contributed by atoms with E-state index in [1.807, 2.05) is 13.8 Å². The second-order valence-electron chi connectivity index (χ2n) is 2.37. The number of nitrogens with one attached hydrogen (secondary N) is 1. The topological polar surface area (TPSA) is 54.9 Å². The Morgan fingerprint density at radius 3 is 3.00 bits per heavy atom. The van der Waals surface area contributed by atoms with Crippen LogP contribution in [0.15, 0.2) is 17.2 Å². The van der Waals surface area contributed by atoms with Gasteiger partial charge in [-0.05, 0) is 13.3 Å². The molecule has 1 aromatic heterocycles. The highest BCUT2D eigenvalue weighted by Crippen LogP contribution is 2.10. The predicted octanol–water partition coefficient (Wildman–Crippen LogP) is 1.83. The van der Waals surface area contributed by atoms with Crippen LogP contribution >= 0.6 is 11.3 Å². The first kappa shape index (κ1) is 9.85. The number of aromatic nitrogens is 2. The lowest BCUT2D eigenvalue weighted by molar-refractivity contribution is -0.113. The fraction of sp³-hybridized carbons (Fsp3) is 0.375. The molecule has 0 bridgehead atoms. The molecule has 0 aliphatic heterocycles. The van der Waals surface area contributed by atoms with Gasteiger partial charge in [0.2, 0.25) is 5.13 Å². The van der Waals surface area contributed by atoms with Gasteiger partial charge in [-0.15, -0.1) is 10.2 Å². The number of carbonyl (C=O) groups excluding carboxylic acids is 1. The van der Waals surface area contributed by atoms with Gasteiger partial charge in [0.25, 0.3) is 5.91 Å². The van der Waals surface area contributed by atoms with Crippen LogP contribution in [0, 0.1) is 0 Å². The molecular weight excluding hydrogens is 186 g/mol. The Labute approximate surface area is 80.7 Å². The Morgan fingerprint density at radius 2 is 2.54 bits per heavy atom. The van der Waals surface area contributed by atoms with Crippen molar-refractivity contribution in [3.05, 3.63) is 17.2 Å². The van der Waals surface area contributed by atoms with Crippen molar-refractivity contribution in [3.8, 4) is 0 Å². The van der Waals surface area contributed by atoms with Gasteiger partial charge in [-0.25, -0.2) is 0 Å². The molecule has 4 nitrogen and oxygen atoms in total. The molecule has 0 aliphatic carbocycles. The third kappa shape index (κ3) is 2.62. The zero-order valence-electron chi connectivity index (χ0n) is 7.57. The fourth-order valence-corrected chi connectivity index (χ4v) is 1.34. The lowest BCUT2D eigenvalue weighted by atomic mass is 10.2. The number of allylic oxidation sites excluding steroid dienone is 1. The Kier molecular flexibility index (Phi) is 3.57. The van der Waals surface area contributed by atoms with Crippen molar-refractivity contribution in [1.82, 2.24) is 10.2 Å². The van der Waals surface area contributed by atoms with E-state index in [1.54, 1.807) is 11.6 Å². The van der Waals surface area contributed by atoms with Crippen molar-refractivity contribution in [1.29, 1.82) is 0 Å². The molecule has 5 heteroatoms. The fourth-order valence-electron chi connectivity index (χ4n) is 0.901. The molecule has 1 heterocycles. The molecule has 0 saturated heterocycles. The largest absolute Gasteiger partial charge is 0.297 e. The van der Waals surface area contributed by atoms with E-state index in [4.69, 9.17) is 0 Å². The van der Waals surface area contributed by atoms with E-state index >= 15 is 0 Å².